The van der Waals surface area contributed by atoms with Crippen LogP contribution in [0.5, 0.6) is 11.5 Å². The normalized spacial score (nSPS) is 15.6. The molecule has 3 aromatic carbocycles. The second kappa shape index (κ2) is 11.6. The maximum atomic E-state index is 14.4. The molecule has 0 spiro atoms. The Kier molecular flexibility index (Phi) is 8.41. The van der Waals surface area contributed by atoms with E-state index in [0.717, 1.165) is 10.4 Å². The van der Waals surface area contributed by atoms with Crippen molar-refractivity contribution in [3.8, 4) is 11.5 Å². The molecular weight excluding hydrogens is 559 g/mol. The van der Waals surface area contributed by atoms with Crippen molar-refractivity contribution in [2.75, 3.05) is 10.8 Å². The Morgan fingerprint density at radius 3 is 2.64 bits per heavy atom. The molecule has 0 saturated heterocycles. The van der Waals surface area contributed by atoms with E-state index in [1.54, 1.807) is 25.1 Å². The number of aliphatic carboxylic acids is 1. The van der Waals surface area contributed by atoms with E-state index in [4.69, 9.17) is 21.4 Å². The summed E-state index contributed by atoms with van der Waals surface area (Å²) in [5.41, 5.74) is 1.33. The van der Waals surface area contributed by atoms with Crippen LogP contribution in [0.25, 0.3) is 11.6 Å². The van der Waals surface area contributed by atoms with Crippen molar-refractivity contribution in [1.29, 1.82) is 0 Å². The Labute approximate surface area is 228 Å². The topological polar surface area (TPSA) is 93.1 Å². The Balaban J connectivity index is 1.77. The largest absolute Gasteiger partial charge is 0.486 e. The average Bonchev–Trinajstić information content (AvgIpc) is 2.86. The Morgan fingerprint density at radius 2 is 1.95 bits per heavy atom. The van der Waals surface area contributed by atoms with Crippen molar-refractivity contribution < 1.29 is 41.0 Å². The summed E-state index contributed by atoms with van der Waals surface area (Å²) in [4.78, 5) is 10.8. The molecule has 39 heavy (non-hydrogen) atoms. The maximum Gasteiger partial charge on any atom is 0.387 e. The van der Waals surface area contributed by atoms with Gasteiger partial charge in [0.1, 0.15) is 23.4 Å². The monoisotopic (exact) mass is 581 g/mol. The lowest BCUT2D eigenvalue weighted by Gasteiger charge is -2.35. The number of carboxylic acids is 1. The van der Waals surface area contributed by atoms with E-state index in [1.165, 1.54) is 42.5 Å². The molecule has 0 saturated carbocycles. The van der Waals surface area contributed by atoms with Gasteiger partial charge in [-0.1, -0.05) is 35.9 Å². The van der Waals surface area contributed by atoms with Crippen molar-refractivity contribution >= 4 is 44.9 Å². The summed E-state index contributed by atoms with van der Waals surface area (Å²) in [6.07, 6.45) is 0.615. The van der Waals surface area contributed by atoms with Gasteiger partial charge in [0.15, 0.2) is 0 Å². The van der Waals surface area contributed by atoms with E-state index in [1.807, 2.05) is 0 Å². The fourth-order valence-electron chi connectivity index (χ4n) is 4.22. The highest BCUT2D eigenvalue weighted by Gasteiger charge is 2.35. The molecule has 1 aliphatic heterocycles. The first-order valence-corrected chi connectivity index (χ1v) is 13.5. The minimum atomic E-state index is -4.34. The number of ether oxygens (including phenoxy) is 2. The molecule has 0 aliphatic carbocycles. The second-order valence-corrected chi connectivity index (χ2v) is 11.0. The van der Waals surface area contributed by atoms with Crippen molar-refractivity contribution in [2.45, 2.75) is 37.4 Å². The third-order valence-electron chi connectivity index (χ3n) is 5.95. The predicted molar refractivity (Wildman–Crippen MR) is 140 cm³/mol. The van der Waals surface area contributed by atoms with Gasteiger partial charge in [0.25, 0.3) is 10.0 Å². The van der Waals surface area contributed by atoms with Crippen LogP contribution in [0.3, 0.4) is 0 Å². The summed E-state index contributed by atoms with van der Waals surface area (Å²) in [5, 5.41) is 9.30. The van der Waals surface area contributed by atoms with Gasteiger partial charge in [-0.05, 0) is 60.9 Å². The molecule has 1 atom stereocenters. The molecule has 1 heterocycles. The van der Waals surface area contributed by atoms with Crippen LogP contribution in [-0.4, -0.2) is 38.8 Å². The fourth-order valence-corrected chi connectivity index (χ4v) is 6.06. The SMILES string of the molecule is CC(=Cc1ccc2c(c1)N(S(=O)(=O)c1cccc(OC(F)F)c1)CC(CCC(=O)O)O2)c1c(F)cccc1Cl. The van der Waals surface area contributed by atoms with Crippen LogP contribution in [0.15, 0.2) is 65.6 Å². The molecule has 7 nitrogen and oxygen atoms in total. The highest BCUT2D eigenvalue weighted by molar-refractivity contribution is 7.92. The van der Waals surface area contributed by atoms with E-state index in [9.17, 15) is 26.4 Å². The van der Waals surface area contributed by atoms with Crippen LogP contribution in [0.4, 0.5) is 18.9 Å². The quantitative estimate of drug-likeness (QED) is 0.291. The van der Waals surface area contributed by atoms with Crippen LogP contribution in [0, 0.1) is 5.82 Å². The molecular formula is C27H23ClF3NO6S. The zero-order chi connectivity index (χ0) is 28.3. The minimum absolute atomic E-state index is 0.0296. The first-order chi connectivity index (χ1) is 18.5. The molecule has 1 unspecified atom stereocenters. The van der Waals surface area contributed by atoms with Crippen LogP contribution in [0.1, 0.15) is 30.9 Å². The van der Waals surface area contributed by atoms with Crippen molar-refractivity contribution in [1.82, 2.24) is 0 Å². The molecule has 1 N–H and O–H groups in total. The van der Waals surface area contributed by atoms with Crippen LogP contribution in [-0.2, 0) is 14.8 Å². The summed E-state index contributed by atoms with van der Waals surface area (Å²) < 4.78 is 78.7. The number of carbonyl (C=O) groups is 1. The Hall–Kier alpha value is -3.70. The summed E-state index contributed by atoms with van der Waals surface area (Å²) >= 11 is 6.18. The van der Waals surface area contributed by atoms with Crippen molar-refractivity contribution in [3.05, 3.63) is 82.6 Å². The molecule has 1 aliphatic rings. The number of anilines is 1. The van der Waals surface area contributed by atoms with E-state index < -0.39 is 34.5 Å². The number of hydrogen-bond donors (Lipinski definition) is 1. The highest BCUT2D eigenvalue weighted by Crippen LogP contribution is 2.40. The zero-order valence-corrected chi connectivity index (χ0v) is 22.1. The van der Waals surface area contributed by atoms with Gasteiger partial charge < -0.3 is 14.6 Å². The van der Waals surface area contributed by atoms with Crippen LogP contribution in [0.2, 0.25) is 5.02 Å². The van der Waals surface area contributed by atoms with E-state index >= 15 is 0 Å². The van der Waals surface area contributed by atoms with Crippen molar-refractivity contribution in [2.24, 2.45) is 0 Å². The smallest absolute Gasteiger partial charge is 0.387 e. The molecule has 3 aromatic rings. The number of carboxylic acid groups (broad SMARTS) is 1. The van der Waals surface area contributed by atoms with Gasteiger partial charge in [0.05, 0.1) is 22.2 Å². The van der Waals surface area contributed by atoms with Gasteiger partial charge in [0, 0.05) is 18.1 Å². The number of alkyl halides is 2. The Bertz CT molecular complexity index is 1510. The molecule has 0 amide bonds. The molecule has 0 radical (unpaired) electrons. The first-order valence-electron chi connectivity index (χ1n) is 11.7. The third-order valence-corrected chi connectivity index (χ3v) is 8.04. The standard InChI is InChI=1S/C27H23ClF3NO6S/c1-16(26-21(28)6-3-7-22(26)29)12-17-8-10-24-23(13-17)32(15-19(37-24)9-11-25(33)34)39(35,36)20-5-2-4-18(14-20)38-27(30)31/h2-8,10,12-14,19,27H,9,11,15H2,1H3,(H,33,34). The van der Waals surface area contributed by atoms with Gasteiger partial charge in [-0.2, -0.15) is 8.78 Å². The molecule has 0 aromatic heterocycles. The lowest BCUT2D eigenvalue weighted by molar-refractivity contribution is -0.137. The second-order valence-electron chi connectivity index (χ2n) is 8.71. The number of sulfonamides is 1. The number of rotatable bonds is 9. The van der Waals surface area contributed by atoms with Crippen molar-refractivity contribution in [3.63, 3.8) is 0 Å². The Morgan fingerprint density at radius 1 is 1.21 bits per heavy atom. The number of hydrogen-bond acceptors (Lipinski definition) is 5. The zero-order valence-electron chi connectivity index (χ0n) is 20.5. The lowest BCUT2D eigenvalue weighted by Crippen LogP contribution is -2.43. The van der Waals surface area contributed by atoms with Crippen LogP contribution >= 0.6 is 11.6 Å². The van der Waals surface area contributed by atoms with Gasteiger partial charge in [-0.25, -0.2) is 12.8 Å². The molecule has 12 heteroatoms. The van der Waals surface area contributed by atoms with Gasteiger partial charge in [-0.15, -0.1) is 0 Å². The summed E-state index contributed by atoms with van der Waals surface area (Å²) in [5.74, 6) is -1.75. The predicted octanol–water partition coefficient (Wildman–Crippen LogP) is 6.46. The maximum absolute atomic E-state index is 14.4. The highest BCUT2D eigenvalue weighted by atomic mass is 35.5. The summed E-state index contributed by atoms with van der Waals surface area (Å²) in [7, 11) is -4.34. The first kappa shape index (κ1) is 28.3. The molecule has 4 rings (SSSR count). The van der Waals surface area contributed by atoms with Gasteiger partial charge in [0.2, 0.25) is 0 Å². The summed E-state index contributed by atoms with van der Waals surface area (Å²) in [6, 6.07) is 13.7. The van der Waals surface area contributed by atoms with E-state index in [0.29, 0.717) is 11.1 Å². The third kappa shape index (κ3) is 6.48. The van der Waals surface area contributed by atoms with E-state index in [-0.39, 0.29) is 52.1 Å². The fraction of sp³-hybridized carbons (Fsp3) is 0.222. The number of nitrogens with zero attached hydrogens (tertiary/aromatic N) is 1. The van der Waals surface area contributed by atoms with Gasteiger partial charge in [-0.3, -0.25) is 9.10 Å². The van der Waals surface area contributed by atoms with Gasteiger partial charge >= 0.3 is 12.6 Å². The number of halogens is 4. The number of allylic oxidation sites excluding steroid dienone is 1. The lowest BCUT2D eigenvalue weighted by atomic mass is 10.0. The number of benzene rings is 3. The molecule has 206 valence electrons. The summed E-state index contributed by atoms with van der Waals surface area (Å²) in [6.45, 7) is -1.72. The van der Waals surface area contributed by atoms with Crippen LogP contribution < -0.4 is 13.8 Å². The molecule has 0 bridgehead atoms. The minimum Gasteiger partial charge on any atom is -0.486 e. The number of fused-ring (bicyclic) bond motifs is 1. The van der Waals surface area contributed by atoms with E-state index in [2.05, 4.69) is 4.74 Å². The average molecular weight is 582 g/mol. The molecule has 0 fully saturated rings.